The van der Waals surface area contributed by atoms with Crippen LogP contribution in [-0.2, 0) is 4.79 Å². The third-order valence-corrected chi connectivity index (χ3v) is 4.90. The maximum atomic E-state index is 13.5. The molecule has 152 valence electrons. The van der Waals surface area contributed by atoms with Gasteiger partial charge >= 0.3 is 0 Å². The Bertz CT molecular complexity index is 1010. The van der Waals surface area contributed by atoms with Gasteiger partial charge in [0.1, 0.15) is 19.3 Å². The van der Waals surface area contributed by atoms with Gasteiger partial charge in [0, 0.05) is 24.0 Å². The maximum Gasteiger partial charge on any atom is 0.251 e. The normalized spacial score (nSPS) is 13.2. The third-order valence-electron chi connectivity index (χ3n) is 4.90. The van der Waals surface area contributed by atoms with E-state index in [1.165, 1.54) is 0 Å². The highest BCUT2D eigenvalue weighted by Gasteiger charge is 2.28. The second kappa shape index (κ2) is 9.18. The molecule has 1 atom stereocenters. The van der Waals surface area contributed by atoms with Crippen molar-refractivity contribution in [2.75, 3.05) is 30.0 Å². The molecule has 0 aliphatic carbocycles. The fourth-order valence-corrected chi connectivity index (χ4v) is 3.56. The molecule has 5 nitrogen and oxygen atoms in total. The minimum absolute atomic E-state index is 0.136. The van der Waals surface area contributed by atoms with E-state index >= 15 is 0 Å². The number of amides is 1. The number of benzene rings is 3. The summed E-state index contributed by atoms with van der Waals surface area (Å²) >= 11 is 0. The number of anilines is 2. The first-order valence-electron chi connectivity index (χ1n) is 9.94. The first-order chi connectivity index (χ1) is 14.8. The van der Waals surface area contributed by atoms with Gasteiger partial charge in [0.25, 0.3) is 5.91 Å². The molecule has 1 aliphatic rings. The van der Waals surface area contributed by atoms with Crippen LogP contribution in [-0.4, -0.2) is 25.7 Å². The van der Waals surface area contributed by atoms with Gasteiger partial charge in [0.15, 0.2) is 11.5 Å². The Balaban J connectivity index is 1.67. The molecule has 1 amide bonds. The number of para-hydroxylation sites is 1. The number of fused-ring (bicyclic) bond motifs is 1. The van der Waals surface area contributed by atoms with E-state index in [9.17, 15) is 4.79 Å². The summed E-state index contributed by atoms with van der Waals surface area (Å²) in [6.45, 7) is 5.44. The summed E-state index contributed by atoms with van der Waals surface area (Å²) in [6, 6.07) is 24.6. The molecule has 1 N–H and O–H groups in total. The first-order valence-corrected chi connectivity index (χ1v) is 9.94. The maximum absolute atomic E-state index is 13.5. The average Bonchev–Trinajstić information content (AvgIpc) is 2.80. The van der Waals surface area contributed by atoms with Crippen LogP contribution in [0.25, 0.3) is 0 Å². The van der Waals surface area contributed by atoms with E-state index in [4.69, 9.17) is 9.47 Å². The number of carbonyl (C=O) groups excluding carboxylic acids is 1. The van der Waals surface area contributed by atoms with Gasteiger partial charge in [0.2, 0.25) is 0 Å². The molecule has 30 heavy (non-hydrogen) atoms. The molecule has 0 fully saturated rings. The smallest absolute Gasteiger partial charge is 0.251 e. The van der Waals surface area contributed by atoms with Gasteiger partial charge in [-0.05, 0) is 29.8 Å². The first kappa shape index (κ1) is 19.6. The monoisotopic (exact) mass is 400 g/mol. The van der Waals surface area contributed by atoms with Crippen molar-refractivity contribution in [3.8, 4) is 11.5 Å². The zero-order valence-corrected chi connectivity index (χ0v) is 16.7. The summed E-state index contributed by atoms with van der Waals surface area (Å²) in [5, 5.41) is 3.05. The highest BCUT2D eigenvalue weighted by Crippen LogP contribution is 2.34. The van der Waals surface area contributed by atoms with Crippen molar-refractivity contribution in [2.45, 2.75) is 6.04 Å². The van der Waals surface area contributed by atoms with Crippen molar-refractivity contribution in [1.29, 1.82) is 0 Å². The number of hydrogen-bond acceptors (Lipinski definition) is 4. The van der Waals surface area contributed by atoms with Gasteiger partial charge in [-0.3, -0.25) is 4.79 Å². The molecular formula is C25H24N2O3. The van der Waals surface area contributed by atoms with E-state index in [0.29, 0.717) is 36.9 Å². The van der Waals surface area contributed by atoms with Crippen LogP contribution in [0.1, 0.15) is 11.6 Å². The molecule has 0 saturated heterocycles. The molecule has 3 aromatic carbocycles. The van der Waals surface area contributed by atoms with Crippen LogP contribution in [0, 0.1) is 0 Å². The molecule has 5 heteroatoms. The van der Waals surface area contributed by atoms with E-state index in [2.05, 4.69) is 11.9 Å². The minimum atomic E-state index is -0.528. The lowest BCUT2D eigenvalue weighted by Crippen LogP contribution is -2.37. The lowest BCUT2D eigenvalue weighted by molar-refractivity contribution is -0.117. The highest BCUT2D eigenvalue weighted by atomic mass is 16.6. The van der Waals surface area contributed by atoms with Crippen molar-refractivity contribution in [3.05, 3.63) is 97.1 Å². The van der Waals surface area contributed by atoms with Gasteiger partial charge in [-0.25, -0.2) is 0 Å². The van der Waals surface area contributed by atoms with Crippen LogP contribution in [0.2, 0.25) is 0 Å². The standard InChI is InChI=1S/C25H24N2O3/c1-2-15-27(21-11-7-4-8-12-21)24(19-9-5-3-6-10-19)25(28)26-20-13-14-22-23(18-20)30-17-16-29-22/h2-14,18,24H,1,15-17H2,(H,26,28). The zero-order valence-electron chi connectivity index (χ0n) is 16.7. The fraction of sp³-hybridized carbons (Fsp3) is 0.160. The second-order valence-electron chi connectivity index (χ2n) is 6.94. The Morgan fingerprint density at radius 1 is 0.967 bits per heavy atom. The van der Waals surface area contributed by atoms with Crippen LogP contribution < -0.4 is 19.7 Å². The molecule has 1 aliphatic heterocycles. The summed E-state index contributed by atoms with van der Waals surface area (Å²) in [5.74, 6) is 1.20. The number of ether oxygens (including phenoxy) is 2. The van der Waals surface area contributed by atoms with E-state index < -0.39 is 6.04 Å². The predicted octanol–water partition coefficient (Wildman–Crippen LogP) is 4.83. The Kier molecular flexibility index (Phi) is 5.99. The van der Waals surface area contributed by atoms with E-state index in [1.54, 1.807) is 12.1 Å². The average molecular weight is 400 g/mol. The van der Waals surface area contributed by atoms with Crippen LogP contribution in [0.4, 0.5) is 11.4 Å². The number of nitrogens with zero attached hydrogens (tertiary/aromatic N) is 1. The van der Waals surface area contributed by atoms with Gasteiger partial charge in [-0.15, -0.1) is 6.58 Å². The summed E-state index contributed by atoms with van der Waals surface area (Å²) in [5.41, 5.74) is 2.51. The molecule has 0 saturated carbocycles. The highest BCUT2D eigenvalue weighted by molar-refractivity contribution is 5.98. The van der Waals surface area contributed by atoms with Crippen LogP contribution in [0.5, 0.6) is 11.5 Å². The number of nitrogens with one attached hydrogen (secondary N) is 1. The van der Waals surface area contributed by atoms with Gasteiger partial charge < -0.3 is 19.7 Å². The quantitative estimate of drug-likeness (QED) is 0.577. The molecule has 0 radical (unpaired) electrons. The van der Waals surface area contributed by atoms with Crippen molar-refractivity contribution < 1.29 is 14.3 Å². The topological polar surface area (TPSA) is 50.8 Å². The molecule has 3 aromatic rings. The number of hydrogen-bond donors (Lipinski definition) is 1. The summed E-state index contributed by atoms with van der Waals surface area (Å²) in [4.78, 5) is 15.5. The SMILES string of the molecule is C=CCN(c1ccccc1)C(C(=O)Nc1ccc2c(c1)OCCO2)c1ccccc1. The Labute approximate surface area is 176 Å². The Morgan fingerprint density at radius 3 is 2.33 bits per heavy atom. The lowest BCUT2D eigenvalue weighted by Gasteiger charge is -2.32. The summed E-state index contributed by atoms with van der Waals surface area (Å²) < 4.78 is 11.2. The van der Waals surface area contributed by atoms with Crippen molar-refractivity contribution >= 4 is 17.3 Å². The fourth-order valence-electron chi connectivity index (χ4n) is 3.56. The second-order valence-corrected chi connectivity index (χ2v) is 6.94. The predicted molar refractivity (Wildman–Crippen MR) is 119 cm³/mol. The molecule has 4 rings (SSSR count). The van der Waals surface area contributed by atoms with Crippen LogP contribution in [0.3, 0.4) is 0 Å². The lowest BCUT2D eigenvalue weighted by atomic mass is 10.0. The van der Waals surface area contributed by atoms with Gasteiger partial charge in [0.05, 0.1) is 0 Å². The van der Waals surface area contributed by atoms with Crippen molar-refractivity contribution in [3.63, 3.8) is 0 Å². The molecule has 0 aromatic heterocycles. The van der Waals surface area contributed by atoms with Crippen LogP contribution >= 0.6 is 0 Å². The van der Waals surface area contributed by atoms with E-state index in [0.717, 1.165) is 11.3 Å². The van der Waals surface area contributed by atoms with E-state index in [1.807, 2.05) is 77.7 Å². The van der Waals surface area contributed by atoms with E-state index in [-0.39, 0.29) is 5.91 Å². The number of carbonyl (C=O) groups is 1. The summed E-state index contributed by atoms with van der Waals surface area (Å²) in [6.07, 6.45) is 1.81. The Morgan fingerprint density at radius 2 is 1.63 bits per heavy atom. The van der Waals surface area contributed by atoms with Crippen molar-refractivity contribution in [2.24, 2.45) is 0 Å². The van der Waals surface area contributed by atoms with Crippen molar-refractivity contribution in [1.82, 2.24) is 0 Å². The molecule has 1 unspecified atom stereocenters. The van der Waals surface area contributed by atoms with Crippen LogP contribution in [0.15, 0.2) is 91.5 Å². The molecule has 1 heterocycles. The number of rotatable bonds is 7. The third kappa shape index (κ3) is 4.30. The minimum Gasteiger partial charge on any atom is -0.486 e. The molecular weight excluding hydrogens is 376 g/mol. The molecule has 0 spiro atoms. The summed E-state index contributed by atoms with van der Waals surface area (Å²) in [7, 11) is 0. The molecule has 0 bridgehead atoms. The van der Waals surface area contributed by atoms with Gasteiger partial charge in [-0.1, -0.05) is 54.6 Å². The zero-order chi connectivity index (χ0) is 20.8. The van der Waals surface area contributed by atoms with Gasteiger partial charge in [-0.2, -0.15) is 0 Å². The Hall–Kier alpha value is -3.73. The largest absolute Gasteiger partial charge is 0.486 e.